The molecule has 1 aromatic heterocycles. The standard InChI is InChI=1S/C15H18N4O2/c1-2-17-14-11-16-10-13(19-14)15(20)18-8-9-21-12-6-4-3-5-7-12/h3-7,10-11H,2,8-9H2,1H3,(H,17,19)(H,18,20). The molecule has 1 amide bonds. The van der Waals surface area contributed by atoms with E-state index in [-0.39, 0.29) is 11.6 Å². The molecule has 0 saturated carbocycles. The van der Waals surface area contributed by atoms with Crippen molar-refractivity contribution in [2.75, 3.05) is 25.0 Å². The number of carbonyl (C=O) groups excluding carboxylic acids is 1. The molecule has 0 bridgehead atoms. The second-order valence-corrected chi connectivity index (χ2v) is 4.24. The molecule has 0 radical (unpaired) electrons. The highest BCUT2D eigenvalue weighted by Crippen LogP contribution is 2.07. The van der Waals surface area contributed by atoms with Crippen molar-refractivity contribution in [2.24, 2.45) is 0 Å². The average Bonchev–Trinajstić information content (AvgIpc) is 2.53. The van der Waals surface area contributed by atoms with Gasteiger partial charge in [0.15, 0.2) is 0 Å². The van der Waals surface area contributed by atoms with E-state index in [1.807, 2.05) is 37.3 Å². The fourth-order valence-electron chi connectivity index (χ4n) is 1.68. The highest BCUT2D eigenvalue weighted by molar-refractivity contribution is 5.92. The highest BCUT2D eigenvalue weighted by Gasteiger charge is 2.07. The smallest absolute Gasteiger partial charge is 0.271 e. The van der Waals surface area contributed by atoms with Gasteiger partial charge in [0.25, 0.3) is 5.91 Å². The zero-order chi connectivity index (χ0) is 14.9. The number of hydrogen-bond donors (Lipinski definition) is 2. The normalized spacial score (nSPS) is 9.95. The fraction of sp³-hybridized carbons (Fsp3) is 0.267. The van der Waals surface area contributed by atoms with E-state index in [0.717, 1.165) is 12.3 Å². The van der Waals surface area contributed by atoms with Gasteiger partial charge in [-0.05, 0) is 19.1 Å². The number of amides is 1. The third kappa shape index (κ3) is 4.76. The Morgan fingerprint density at radius 2 is 2.05 bits per heavy atom. The molecule has 2 aromatic rings. The molecule has 0 spiro atoms. The van der Waals surface area contributed by atoms with Gasteiger partial charge in [-0.3, -0.25) is 9.78 Å². The number of benzene rings is 1. The molecule has 0 aliphatic rings. The van der Waals surface area contributed by atoms with Crippen LogP contribution >= 0.6 is 0 Å². The Morgan fingerprint density at radius 1 is 1.24 bits per heavy atom. The molecule has 6 heteroatoms. The van der Waals surface area contributed by atoms with Crippen molar-refractivity contribution in [3.63, 3.8) is 0 Å². The summed E-state index contributed by atoms with van der Waals surface area (Å²) >= 11 is 0. The minimum absolute atomic E-state index is 0.265. The average molecular weight is 286 g/mol. The quantitative estimate of drug-likeness (QED) is 0.758. The number of anilines is 1. The first kappa shape index (κ1) is 14.8. The van der Waals surface area contributed by atoms with Crippen LogP contribution in [0.1, 0.15) is 17.4 Å². The van der Waals surface area contributed by atoms with Crippen LogP contribution in [0.25, 0.3) is 0 Å². The van der Waals surface area contributed by atoms with Gasteiger partial charge in [-0.1, -0.05) is 18.2 Å². The maximum Gasteiger partial charge on any atom is 0.271 e. The largest absolute Gasteiger partial charge is 0.492 e. The molecule has 0 aliphatic carbocycles. The Bertz CT molecular complexity index is 575. The minimum atomic E-state index is -0.265. The second kappa shape index (κ2) is 7.84. The molecular formula is C15H18N4O2. The van der Waals surface area contributed by atoms with Gasteiger partial charge in [0.1, 0.15) is 23.9 Å². The molecule has 1 heterocycles. The van der Waals surface area contributed by atoms with E-state index in [4.69, 9.17) is 4.74 Å². The Kier molecular flexibility index (Phi) is 5.51. The first-order valence-electron chi connectivity index (χ1n) is 6.81. The van der Waals surface area contributed by atoms with Crippen LogP contribution in [-0.2, 0) is 0 Å². The molecule has 0 saturated heterocycles. The molecule has 2 rings (SSSR count). The highest BCUT2D eigenvalue weighted by atomic mass is 16.5. The summed E-state index contributed by atoms with van der Waals surface area (Å²) in [6.07, 6.45) is 3.02. The van der Waals surface area contributed by atoms with Crippen LogP contribution in [0.4, 0.5) is 5.82 Å². The third-order valence-electron chi connectivity index (χ3n) is 2.62. The van der Waals surface area contributed by atoms with Crippen LogP contribution in [0.15, 0.2) is 42.7 Å². The van der Waals surface area contributed by atoms with Gasteiger partial charge in [0.05, 0.1) is 18.9 Å². The van der Waals surface area contributed by atoms with Gasteiger partial charge in [-0.2, -0.15) is 0 Å². The summed E-state index contributed by atoms with van der Waals surface area (Å²) in [7, 11) is 0. The van der Waals surface area contributed by atoms with Crippen LogP contribution in [0.5, 0.6) is 5.75 Å². The van der Waals surface area contributed by atoms with Crippen molar-refractivity contribution in [1.29, 1.82) is 0 Å². The van der Waals surface area contributed by atoms with Gasteiger partial charge in [-0.15, -0.1) is 0 Å². The van der Waals surface area contributed by atoms with E-state index < -0.39 is 0 Å². The van der Waals surface area contributed by atoms with Crippen LogP contribution in [-0.4, -0.2) is 35.6 Å². The van der Waals surface area contributed by atoms with E-state index in [9.17, 15) is 4.79 Å². The third-order valence-corrected chi connectivity index (χ3v) is 2.62. The summed E-state index contributed by atoms with van der Waals surface area (Å²) in [5.41, 5.74) is 0.285. The maximum absolute atomic E-state index is 11.9. The molecule has 21 heavy (non-hydrogen) atoms. The zero-order valence-corrected chi connectivity index (χ0v) is 11.9. The van der Waals surface area contributed by atoms with E-state index in [2.05, 4.69) is 20.6 Å². The summed E-state index contributed by atoms with van der Waals surface area (Å²) in [6.45, 7) is 3.48. The van der Waals surface area contributed by atoms with Crippen molar-refractivity contribution in [2.45, 2.75) is 6.92 Å². The lowest BCUT2D eigenvalue weighted by Crippen LogP contribution is -2.29. The van der Waals surface area contributed by atoms with E-state index >= 15 is 0 Å². The molecule has 0 aliphatic heterocycles. The number of hydrogen-bond acceptors (Lipinski definition) is 5. The van der Waals surface area contributed by atoms with E-state index in [1.54, 1.807) is 6.20 Å². The van der Waals surface area contributed by atoms with E-state index in [1.165, 1.54) is 6.20 Å². The van der Waals surface area contributed by atoms with Crippen LogP contribution in [0, 0.1) is 0 Å². The van der Waals surface area contributed by atoms with E-state index in [0.29, 0.717) is 19.0 Å². The van der Waals surface area contributed by atoms with Crippen LogP contribution in [0.3, 0.4) is 0 Å². The number of carbonyl (C=O) groups is 1. The number of ether oxygens (including phenoxy) is 1. The lowest BCUT2D eigenvalue weighted by atomic mass is 10.3. The van der Waals surface area contributed by atoms with Crippen LogP contribution in [0.2, 0.25) is 0 Å². The Labute approximate surface area is 123 Å². The maximum atomic E-state index is 11.9. The molecule has 1 aromatic carbocycles. The van der Waals surface area contributed by atoms with Crippen molar-refractivity contribution in [1.82, 2.24) is 15.3 Å². The number of nitrogens with one attached hydrogen (secondary N) is 2. The molecular weight excluding hydrogens is 268 g/mol. The molecule has 6 nitrogen and oxygen atoms in total. The van der Waals surface area contributed by atoms with Gasteiger partial charge in [-0.25, -0.2) is 4.98 Å². The summed E-state index contributed by atoms with van der Waals surface area (Å²) < 4.78 is 5.49. The van der Waals surface area contributed by atoms with Gasteiger partial charge in [0, 0.05) is 6.54 Å². The van der Waals surface area contributed by atoms with Crippen LogP contribution < -0.4 is 15.4 Å². The first-order valence-corrected chi connectivity index (χ1v) is 6.81. The molecule has 2 N–H and O–H groups in total. The molecule has 110 valence electrons. The topological polar surface area (TPSA) is 76.1 Å². The summed E-state index contributed by atoms with van der Waals surface area (Å²) in [6, 6.07) is 9.45. The molecule has 0 fully saturated rings. The van der Waals surface area contributed by atoms with Crippen molar-refractivity contribution in [3.8, 4) is 5.75 Å². The van der Waals surface area contributed by atoms with Crippen molar-refractivity contribution >= 4 is 11.7 Å². The summed E-state index contributed by atoms with van der Waals surface area (Å²) in [4.78, 5) is 20.1. The summed E-state index contributed by atoms with van der Waals surface area (Å²) in [5, 5.41) is 5.76. The SMILES string of the molecule is CCNc1cncc(C(=O)NCCOc2ccccc2)n1. The van der Waals surface area contributed by atoms with Crippen molar-refractivity contribution < 1.29 is 9.53 Å². The Balaban J connectivity index is 1.78. The predicted molar refractivity (Wildman–Crippen MR) is 80.5 cm³/mol. The number of para-hydroxylation sites is 1. The fourth-order valence-corrected chi connectivity index (χ4v) is 1.68. The van der Waals surface area contributed by atoms with Gasteiger partial charge < -0.3 is 15.4 Å². The van der Waals surface area contributed by atoms with Gasteiger partial charge >= 0.3 is 0 Å². The lowest BCUT2D eigenvalue weighted by Gasteiger charge is -2.08. The Hall–Kier alpha value is -2.63. The number of aromatic nitrogens is 2. The molecule has 0 unspecified atom stereocenters. The summed E-state index contributed by atoms with van der Waals surface area (Å²) in [5.74, 6) is 1.10. The minimum Gasteiger partial charge on any atom is -0.492 e. The number of nitrogens with zero attached hydrogens (tertiary/aromatic N) is 2. The lowest BCUT2D eigenvalue weighted by molar-refractivity contribution is 0.0941. The monoisotopic (exact) mass is 286 g/mol. The first-order chi connectivity index (χ1) is 10.3. The molecule has 0 atom stereocenters. The van der Waals surface area contributed by atoms with Gasteiger partial charge in [0.2, 0.25) is 0 Å². The van der Waals surface area contributed by atoms with Crippen molar-refractivity contribution in [3.05, 3.63) is 48.4 Å². The second-order valence-electron chi connectivity index (χ2n) is 4.24. The number of rotatable bonds is 7. The zero-order valence-electron chi connectivity index (χ0n) is 11.9. The Morgan fingerprint density at radius 3 is 2.81 bits per heavy atom. The predicted octanol–water partition coefficient (Wildman–Crippen LogP) is 1.72.